The van der Waals surface area contributed by atoms with Crippen LogP contribution < -0.4 is 5.73 Å². The van der Waals surface area contributed by atoms with Gasteiger partial charge in [-0.2, -0.15) is 0 Å². The molecular weight excluding hydrogens is 236 g/mol. The van der Waals surface area contributed by atoms with Crippen LogP contribution in [0.1, 0.15) is 41.0 Å². The molecule has 5 nitrogen and oxygen atoms in total. The van der Waals surface area contributed by atoms with Crippen LogP contribution in [0.4, 0.5) is 0 Å². The van der Waals surface area contributed by atoms with Gasteiger partial charge in [0.25, 0.3) is 5.91 Å². The molecule has 1 atom stereocenters. The maximum atomic E-state index is 12.4. The average Bonchev–Trinajstić information content (AvgIpc) is 2.76. The van der Waals surface area contributed by atoms with E-state index in [1.165, 1.54) is 18.0 Å². The third kappa shape index (κ3) is 2.63. The lowest BCUT2D eigenvalue weighted by atomic mass is 9.99. The van der Waals surface area contributed by atoms with Gasteiger partial charge in [0.05, 0.1) is 5.69 Å². The number of amides is 1. The summed E-state index contributed by atoms with van der Waals surface area (Å²) in [5.74, 6) is 0.0793. The summed E-state index contributed by atoms with van der Waals surface area (Å²) in [7, 11) is 0. The number of carbonyl (C=O) groups is 1. The fraction of sp³-hybridized carbons (Fsp3) is 0.727. The van der Waals surface area contributed by atoms with E-state index in [-0.39, 0.29) is 5.91 Å². The Kier molecular flexibility index (Phi) is 4.06. The van der Waals surface area contributed by atoms with Crippen molar-refractivity contribution in [1.29, 1.82) is 0 Å². The molecule has 0 spiro atoms. The zero-order chi connectivity index (χ0) is 12.3. The minimum atomic E-state index is 0.0793. The Labute approximate surface area is 105 Å². The van der Waals surface area contributed by atoms with Crippen molar-refractivity contribution in [2.75, 3.05) is 13.1 Å². The second-order valence-corrected chi connectivity index (χ2v) is 5.17. The molecule has 0 aromatic carbocycles. The van der Waals surface area contributed by atoms with Crippen LogP contribution in [0.25, 0.3) is 0 Å². The van der Waals surface area contributed by atoms with E-state index < -0.39 is 0 Å². The predicted molar refractivity (Wildman–Crippen MR) is 67.0 cm³/mol. The number of carbonyl (C=O) groups excluding carboxylic acids is 1. The van der Waals surface area contributed by atoms with Gasteiger partial charge >= 0.3 is 0 Å². The van der Waals surface area contributed by atoms with E-state index in [2.05, 4.69) is 9.59 Å². The van der Waals surface area contributed by atoms with Crippen molar-refractivity contribution in [2.45, 2.75) is 38.6 Å². The molecule has 2 N–H and O–H groups in total. The summed E-state index contributed by atoms with van der Waals surface area (Å²) in [6, 6.07) is 0.294. The Morgan fingerprint density at radius 3 is 3.06 bits per heavy atom. The SMILES string of the molecule is Cc1nnsc1C(=O)N1CCCCC1CCN. The molecule has 17 heavy (non-hydrogen) atoms. The van der Waals surface area contributed by atoms with Gasteiger partial charge in [-0.15, -0.1) is 5.10 Å². The lowest BCUT2D eigenvalue weighted by molar-refractivity contribution is 0.0609. The van der Waals surface area contributed by atoms with Gasteiger partial charge in [-0.05, 0) is 50.7 Å². The van der Waals surface area contributed by atoms with Crippen molar-refractivity contribution in [2.24, 2.45) is 5.73 Å². The molecule has 94 valence electrons. The van der Waals surface area contributed by atoms with E-state index in [4.69, 9.17) is 5.73 Å². The van der Waals surface area contributed by atoms with E-state index in [0.717, 1.165) is 31.5 Å². The van der Waals surface area contributed by atoms with Crippen molar-refractivity contribution in [1.82, 2.24) is 14.5 Å². The van der Waals surface area contributed by atoms with Crippen LogP contribution in [0.15, 0.2) is 0 Å². The topological polar surface area (TPSA) is 72.1 Å². The number of aromatic nitrogens is 2. The summed E-state index contributed by atoms with van der Waals surface area (Å²) in [5, 5.41) is 3.90. The second-order valence-electron chi connectivity index (χ2n) is 4.41. The highest BCUT2D eigenvalue weighted by Gasteiger charge is 2.28. The smallest absolute Gasteiger partial charge is 0.267 e. The lowest BCUT2D eigenvalue weighted by Gasteiger charge is -2.35. The van der Waals surface area contributed by atoms with Gasteiger partial charge in [0, 0.05) is 12.6 Å². The third-order valence-electron chi connectivity index (χ3n) is 3.23. The van der Waals surface area contributed by atoms with Crippen LogP contribution in [0.3, 0.4) is 0 Å². The van der Waals surface area contributed by atoms with E-state index in [9.17, 15) is 4.79 Å². The van der Waals surface area contributed by atoms with Gasteiger partial charge in [0.2, 0.25) is 0 Å². The molecule has 1 amide bonds. The quantitative estimate of drug-likeness (QED) is 0.879. The van der Waals surface area contributed by atoms with Gasteiger partial charge < -0.3 is 10.6 Å². The maximum Gasteiger partial charge on any atom is 0.267 e. The summed E-state index contributed by atoms with van der Waals surface area (Å²) in [6.07, 6.45) is 4.22. The summed E-state index contributed by atoms with van der Waals surface area (Å²) >= 11 is 1.19. The van der Waals surface area contributed by atoms with Crippen molar-refractivity contribution < 1.29 is 4.79 Å². The number of likely N-dealkylation sites (tertiary alicyclic amines) is 1. The van der Waals surface area contributed by atoms with Crippen LogP contribution in [0, 0.1) is 6.92 Å². The Hall–Kier alpha value is -1.01. The monoisotopic (exact) mass is 254 g/mol. The summed E-state index contributed by atoms with van der Waals surface area (Å²) in [6.45, 7) is 3.30. The van der Waals surface area contributed by atoms with Crippen LogP contribution >= 0.6 is 11.5 Å². The van der Waals surface area contributed by atoms with Crippen LogP contribution in [-0.4, -0.2) is 39.5 Å². The molecule has 1 aliphatic heterocycles. The zero-order valence-corrected chi connectivity index (χ0v) is 10.9. The fourth-order valence-corrected chi connectivity index (χ4v) is 2.93. The van der Waals surface area contributed by atoms with Gasteiger partial charge in [-0.1, -0.05) is 4.49 Å². The van der Waals surface area contributed by atoms with Crippen molar-refractivity contribution in [3.63, 3.8) is 0 Å². The maximum absolute atomic E-state index is 12.4. The van der Waals surface area contributed by atoms with Crippen LogP contribution in [0.5, 0.6) is 0 Å². The third-order valence-corrected chi connectivity index (χ3v) is 4.05. The fourth-order valence-electron chi connectivity index (χ4n) is 2.32. The standard InChI is InChI=1S/C11H18N4OS/c1-8-10(17-14-13-8)11(16)15-7-3-2-4-9(15)5-6-12/h9H,2-7,12H2,1H3. The van der Waals surface area contributed by atoms with Gasteiger partial charge in [0.15, 0.2) is 0 Å². The molecule has 2 heterocycles. The Balaban J connectivity index is 2.14. The van der Waals surface area contributed by atoms with Crippen molar-refractivity contribution in [3.05, 3.63) is 10.6 Å². The largest absolute Gasteiger partial charge is 0.335 e. The highest BCUT2D eigenvalue weighted by Crippen LogP contribution is 2.23. The van der Waals surface area contributed by atoms with Crippen molar-refractivity contribution in [3.8, 4) is 0 Å². The number of hydrogen-bond acceptors (Lipinski definition) is 5. The van der Waals surface area contributed by atoms with E-state index in [1.807, 2.05) is 11.8 Å². The highest BCUT2D eigenvalue weighted by atomic mass is 32.1. The molecule has 0 aliphatic carbocycles. The first kappa shape index (κ1) is 12.4. The molecule has 1 fully saturated rings. The van der Waals surface area contributed by atoms with E-state index in [1.54, 1.807) is 0 Å². The molecular formula is C11H18N4OS. The average molecular weight is 254 g/mol. The summed E-state index contributed by atoms with van der Waals surface area (Å²) in [4.78, 5) is 15.0. The normalized spacial score (nSPS) is 20.6. The lowest BCUT2D eigenvalue weighted by Crippen LogP contribution is -2.44. The number of hydrogen-bond donors (Lipinski definition) is 1. The minimum absolute atomic E-state index is 0.0793. The molecule has 1 aromatic heterocycles. The van der Waals surface area contributed by atoms with Gasteiger partial charge in [-0.3, -0.25) is 4.79 Å². The predicted octanol–water partition coefficient (Wildman–Crippen LogP) is 1.19. The Morgan fingerprint density at radius 2 is 2.41 bits per heavy atom. The van der Waals surface area contributed by atoms with Crippen LogP contribution in [-0.2, 0) is 0 Å². The van der Waals surface area contributed by atoms with Crippen LogP contribution in [0.2, 0.25) is 0 Å². The van der Waals surface area contributed by atoms with Crippen molar-refractivity contribution >= 4 is 17.4 Å². The first-order valence-electron chi connectivity index (χ1n) is 6.04. The number of rotatable bonds is 3. The van der Waals surface area contributed by atoms with E-state index in [0.29, 0.717) is 17.5 Å². The molecule has 1 aromatic rings. The number of nitrogens with two attached hydrogens (primary N) is 1. The Morgan fingerprint density at radius 1 is 1.59 bits per heavy atom. The molecule has 0 saturated carbocycles. The minimum Gasteiger partial charge on any atom is -0.335 e. The molecule has 2 rings (SSSR count). The first-order chi connectivity index (χ1) is 8.24. The van der Waals surface area contributed by atoms with E-state index >= 15 is 0 Å². The first-order valence-corrected chi connectivity index (χ1v) is 6.81. The number of aryl methyl sites for hydroxylation is 1. The summed E-state index contributed by atoms with van der Waals surface area (Å²) in [5.41, 5.74) is 6.34. The molecule has 1 unspecified atom stereocenters. The summed E-state index contributed by atoms with van der Waals surface area (Å²) < 4.78 is 3.83. The zero-order valence-electron chi connectivity index (χ0n) is 10.1. The second kappa shape index (κ2) is 5.55. The molecule has 1 saturated heterocycles. The number of piperidine rings is 1. The van der Waals surface area contributed by atoms with Gasteiger partial charge in [0.1, 0.15) is 4.88 Å². The molecule has 0 radical (unpaired) electrons. The molecule has 0 bridgehead atoms. The number of nitrogens with zero attached hydrogens (tertiary/aromatic N) is 3. The molecule has 1 aliphatic rings. The Bertz CT molecular complexity index is 391. The van der Waals surface area contributed by atoms with Gasteiger partial charge in [-0.25, -0.2) is 0 Å². The molecule has 6 heteroatoms. The highest BCUT2D eigenvalue weighted by molar-refractivity contribution is 7.07.